The summed E-state index contributed by atoms with van der Waals surface area (Å²) < 4.78 is 43.3. The van der Waals surface area contributed by atoms with Gasteiger partial charge in [0.2, 0.25) is 0 Å². The molecule has 0 aromatic heterocycles. The molecule has 4 rings (SSSR count). The lowest BCUT2D eigenvalue weighted by Crippen LogP contribution is -2.23. The number of rotatable bonds is 4. The maximum atomic E-state index is 14.7. The van der Waals surface area contributed by atoms with E-state index in [0.29, 0.717) is 28.5 Å². The SMILES string of the molecule is Cc1ccc(C2CCC(/C=C/C3=CC=C(c4ccccc4)C(F)C3F)CC2)cc1F. The van der Waals surface area contributed by atoms with Crippen molar-refractivity contribution in [3.05, 3.63) is 101 Å². The molecule has 0 radical (unpaired) electrons. The first kappa shape index (κ1) is 20.7. The molecular weight excluding hydrogens is 381 g/mol. The van der Waals surface area contributed by atoms with Gasteiger partial charge in [-0.3, -0.25) is 0 Å². The number of alkyl halides is 2. The summed E-state index contributed by atoms with van der Waals surface area (Å²) in [6.45, 7) is 1.78. The second-order valence-electron chi connectivity index (χ2n) is 8.44. The third-order valence-corrected chi connectivity index (χ3v) is 6.43. The Morgan fingerprint density at radius 3 is 2.30 bits per heavy atom. The maximum Gasteiger partial charge on any atom is 0.161 e. The van der Waals surface area contributed by atoms with Gasteiger partial charge in [0.1, 0.15) is 5.82 Å². The van der Waals surface area contributed by atoms with Gasteiger partial charge < -0.3 is 0 Å². The Bertz CT molecular complexity index is 963. The van der Waals surface area contributed by atoms with Crippen LogP contribution in [0, 0.1) is 18.7 Å². The molecule has 0 bridgehead atoms. The monoisotopic (exact) mass is 408 g/mol. The van der Waals surface area contributed by atoms with Gasteiger partial charge in [0.05, 0.1) is 0 Å². The molecule has 0 nitrogen and oxygen atoms in total. The van der Waals surface area contributed by atoms with Gasteiger partial charge in [0.25, 0.3) is 0 Å². The van der Waals surface area contributed by atoms with E-state index in [4.69, 9.17) is 0 Å². The van der Waals surface area contributed by atoms with E-state index in [1.807, 2.05) is 36.4 Å². The normalized spacial score (nSPS) is 27.1. The number of hydrogen-bond acceptors (Lipinski definition) is 0. The highest BCUT2D eigenvalue weighted by molar-refractivity contribution is 5.73. The van der Waals surface area contributed by atoms with Gasteiger partial charge >= 0.3 is 0 Å². The van der Waals surface area contributed by atoms with Crippen LogP contribution in [0.15, 0.2) is 78.4 Å². The van der Waals surface area contributed by atoms with Crippen LogP contribution in [0.2, 0.25) is 0 Å². The largest absolute Gasteiger partial charge is 0.239 e. The van der Waals surface area contributed by atoms with Crippen LogP contribution in [0.1, 0.15) is 48.3 Å². The Kier molecular flexibility index (Phi) is 6.26. The number of aryl methyl sites for hydroxylation is 1. The van der Waals surface area contributed by atoms with E-state index in [1.54, 1.807) is 43.4 Å². The molecule has 2 aromatic rings. The highest BCUT2D eigenvalue weighted by Crippen LogP contribution is 2.38. The molecule has 0 spiro atoms. The Balaban J connectivity index is 1.39. The third-order valence-electron chi connectivity index (χ3n) is 6.43. The zero-order chi connectivity index (χ0) is 21.1. The van der Waals surface area contributed by atoms with E-state index in [-0.39, 0.29) is 5.82 Å². The van der Waals surface area contributed by atoms with Crippen LogP contribution in [0.5, 0.6) is 0 Å². The molecule has 2 aliphatic carbocycles. The Morgan fingerprint density at radius 2 is 1.60 bits per heavy atom. The van der Waals surface area contributed by atoms with E-state index in [0.717, 1.165) is 36.8 Å². The topological polar surface area (TPSA) is 0 Å². The summed E-state index contributed by atoms with van der Waals surface area (Å²) in [4.78, 5) is 0. The standard InChI is InChI=1S/C27H27F3/c1-18-7-11-23(17-25(18)28)20-12-8-19(9-13-20)10-14-22-15-16-24(27(30)26(22)29)21-5-3-2-4-6-21/h2-7,10-11,14-17,19-20,26-27H,8-9,12-13H2,1H3/b14-10+. The van der Waals surface area contributed by atoms with Gasteiger partial charge in [-0.05, 0) is 78.3 Å². The molecule has 0 amide bonds. The second-order valence-corrected chi connectivity index (χ2v) is 8.44. The number of hydrogen-bond donors (Lipinski definition) is 0. The average molecular weight is 409 g/mol. The maximum absolute atomic E-state index is 14.7. The van der Waals surface area contributed by atoms with Crippen molar-refractivity contribution < 1.29 is 13.2 Å². The van der Waals surface area contributed by atoms with Crippen LogP contribution >= 0.6 is 0 Å². The lowest BCUT2D eigenvalue weighted by Gasteiger charge is -2.27. The van der Waals surface area contributed by atoms with Crippen LogP contribution in [0.3, 0.4) is 0 Å². The Morgan fingerprint density at radius 1 is 0.867 bits per heavy atom. The number of allylic oxidation sites excluding steroid dienone is 6. The predicted molar refractivity (Wildman–Crippen MR) is 117 cm³/mol. The van der Waals surface area contributed by atoms with Crippen molar-refractivity contribution >= 4 is 5.57 Å². The first-order valence-electron chi connectivity index (χ1n) is 10.7. The van der Waals surface area contributed by atoms with E-state index in [1.165, 1.54) is 0 Å². The zero-order valence-electron chi connectivity index (χ0n) is 17.2. The molecule has 0 N–H and O–H groups in total. The van der Waals surface area contributed by atoms with Crippen molar-refractivity contribution in [3.63, 3.8) is 0 Å². The molecule has 0 heterocycles. The summed E-state index contributed by atoms with van der Waals surface area (Å²) >= 11 is 0. The molecule has 2 aliphatic rings. The Hall–Kier alpha value is -2.55. The van der Waals surface area contributed by atoms with E-state index in [9.17, 15) is 13.2 Å². The van der Waals surface area contributed by atoms with Crippen LogP contribution in [0.25, 0.3) is 5.57 Å². The third kappa shape index (κ3) is 4.45. The van der Waals surface area contributed by atoms with E-state index >= 15 is 0 Å². The first-order chi connectivity index (χ1) is 14.5. The van der Waals surface area contributed by atoms with Crippen molar-refractivity contribution in [3.8, 4) is 0 Å². The van der Waals surface area contributed by atoms with Gasteiger partial charge in [0.15, 0.2) is 12.3 Å². The molecule has 2 atom stereocenters. The van der Waals surface area contributed by atoms with Crippen LogP contribution < -0.4 is 0 Å². The number of halogens is 3. The van der Waals surface area contributed by atoms with Crippen molar-refractivity contribution in [2.75, 3.05) is 0 Å². The summed E-state index contributed by atoms with van der Waals surface area (Å²) in [5.74, 6) is 0.581. The first-order valence-corrected chi connectivity index (χ1v) is 10.7. The molecule has 0 aliphatic heterocycles. The lowest BCUT2D eigenvalue weighted by atomic mass is 9.78. The molecular formula is C27H27F3. The summed E-state index contributed by atoms with van der Waals surface area (Å²) in [6, 6.07) is 14.7. The zero-order valence-corrected chi connectivity index (χ0v) is 17.2. The average Bonchev–Trinajstić information content (AvgIpc) is 2.78. The molecule has 30 heavy (non-hydrogen) atoms. The predicted octanol–water partition coefficient (Wildman–Crippen LogP) is 7.66. The minimum Gasteiger partial charge on any atom is -0.239 e. The number of benzene rings is 2. The van der Waals surface area contributed by atoms with Crippen LogP contribution in [-0.4, -0.2) is 12.3 Å². The molecule has 0 saturated heterocycles. The highest BCUT2D eigenvalue weighted by Gasteiger charge is 2.30. The van der Waals surface area contributed by atoms with Gasteiger partial charge in [-0.2, -0.15) is 0 Å². The molecule has 1 saturated carbocycles. The lowest BCUT2D eigenvalue weighted by molar-refractivity contribution is 0.245. The van der Waals surface area contributed by atoms with Gasteiger partial charge in [-0.1, -0.05) is 66.8 Å². The van der Waals surface area contributed by atoms with Gasteiger partial charge in [-0.15, -0.1) is 0 Å². The van der Waals surface area contributed by atoms with Crippen molar-refractivity contribution in [2.24, 2.45) is 5.92 Å². The summed E-state index contributed by atoms with van der Waals surface area (Å²) in [6.07, 6.45) is 7.80. The molecule has 2 unspecified atom stereocenters. The fourth-order valence-corrected chi connectivity index (χ4v) is 4.49. The molecule has 3 heteroatoms. The molecule has 1 fully saturated rings. The van der Waals surface area contributed by atoms with Crippen LogP contribution in [-0.2, 0) is 0 Å². The minimum atomic E-state index is -1.65. The van der Waals surface area contributed by atoms with E-state index in [2.05, 4.69) is 0 Å². The van der Waals surface area contributed by atoms with Crippen molar-refractivity contribution in [1.82, 2.24) is 0 Å². The van der Waals surface area contributed by atoms with E-state index < -0.39 is 12.3 Å². The minimum absolute atomic E-state index is 0.142. The molecule has 156 valence electrons. The van der Waals surface area contributed by atoms with Gasteiger partial charge in [0, 0.05) is 0 Å². The summed E-state index contributed by atoms with van der Waals surface area (Å²) in [7, 11) is 0. The fourth-order valence-electron chi connectivity index (χ4n) is 4.49. The highest BCUT2D eigenvalue weighted by atomic mass is 19.2. The summed E-state index contributed by atoms with van der Waals surface area (Å²) in [5.41, 5.74) is 3.25. The summed E-state index contributed by atoms with van der Waals surface area (Å²) in [5, 5.41) is 0. The second kappa shape index (κ2) is 9.07. The van der Waals surface area contributed by atoms with Gasteiger partial charge in [-0.25, -0.2) is 13.2 Å². The van der Waals surface area contributed by atoms with Crippen LogP contribution in [0.4, 0.5) is 13.2 Å². The quantitative estimate of drug-likeness (QED) is 0.487. The fraction of sp³-hybridized carbons (Fsp3) is 0.333. The van der Waals surface area contributed by atoms with Crippen molar-refractivity contribution in [1.29, 1.82) is 0 Å². The Labute approximate surface area is 176 Å². The van der Waals surface area contributed by atoms with Crippen molar-refractivity contribution in [2.45, 2.75) is 50.9 Å². The molecule has 2 aromatic carbocycles. The smallest absolute Gasteiger partial charge is 0.161 e.